The zero-order chi connectivity index (χ0) is 18.3. The summed E-state index contributed by atoms with van der Waals surface area (Å²) in [5.41, 5.74) is 0. The lowest BCUT2D eigenvalue weighted by Crippen LogP contribution is -2.40. The highest BCUT2D eigenvalue weighted by atomic mass is 127. The summed E-state index contributed by atoms with van der Waals surface area (Å²) < 4.78 is 25.4. The summed E-state index contributed by atoms with van der Waals surface area (Å²) in [6.45, 7) is 3.00. The molecule has 0 fully saturated rings. The van der Waals surface area contributed by atoms with Gasteiger partial charge in [0.25, 0.3) is 0 Å². The predicted molar refractivity (Wildman–Crippen MR) is 122 cm³/mol. The fourth-order valence-corrected chi connectivity index (χ4v) is 4.30. The minimum atomic E-state index is -3.32. The van der Waals surface area contributed by atoms with Crippen LogP contribution in [0.1, 0.15) is 9.88 Å². The van der Waals surface area contributed by atoms with Crippen LogP contribution in [0.15, 0.2) is 44.8 Å². The van der Waals surface area contributed by atoms with Crippen LogP contribution in [0.4, 0.5) is 0 Å². The molecule has 0 saturated heterocycles. The van der Waals surface area contributed by atoms with Crippen molar-refractivity contribution in [1.29, 1.82) is 0 Å². The quantitative estimate of drug-likeness (QED) is 0.303. The number of nitrogens with zero attached hydrogens (tertiary/aromatic N) is 2. The Balaban J connectivity index is 0.00000338. The predicted octanol–water partition coefficient (Wildman–Crippen LogP) is 3.01. The Morgan fingerprint density at radius 3 is 2.46 bits per heavy atom. The topological polar surface area (TPSA) is 83.4 Å². The van der Waals surface area contributed by atoms with Crippen LogP contribution in [0.3, 0.4) is 0 Å². The van der Waals surface area contributed by atoms with Gasteiger partial charge in [-0.1, -0.05) is 15.9 Å². The van der Waals surface area contributed by atoms with Crippen LogP contribution in [-0.4, -0.2) is 45.3 Å². The van der Waals surface area contributed by atoms with Crippen LogP contribution in [0, 0.1) is 6.92 Å². The summed E-state index contributed by atoms with van der Waals surface area (Å²) in [4.78, 5) is 9.92. The van der Waals surface area contributed by atoms with Crippen LogP contribution in [0.2, 0.25) is 0 Å². The van der Waals surface area contributed by atoms with E-state index in [1.54, 1.807) is 42.6 Å². The molecule has 1 heterocycles. The Labute approximate surface area is 184 Å². The second-order valence-electron chi connectivity index (χ2n) is 5.31. The molecule has 2 N–H and O–H groups in total. The van der Waals surface area contributed by atoms with Gasteiger partial charge in [-0.25, -0.2) is 13.4 Å². The van der Waals surface area contributed by atoms with E-state index in [-0.39, 0.29) is 36.3 Å². The SMILES string of the molecule is CN=C(NCCc1ncc(C)s1)NCCS(=O)(=O)c1ccc(Br)cc1.I. The second-order valence-corrected chi connectivity index (χ2v) is 9.66. The lowest BCUT2D eigenvalue weighted by Gasteiger charge is -2.11. The van der Waals surface area contributed by atoms with Crippen LogP contribution in [0.5, 0.6) is 0 Å². The highest BCUT2D eigenvalue weighted by Crippen LogP contribution is 2.15. The molecule has 0 amide bonds. The van der Waals surface area contributed by atoms with E-state index in [1.807, 2.05) is 13.1 Å². The van der Waals surface area contributed by atoms with E-state index in [9.17, 15) is 8.42 Å². The summed E-state index contributed by atoms with van der Waals surface area (Å²) in [5.74, 6) is 0.584. The summed E-state index contributed by atoms with van der Waals surface area (Å²) >= 11 is 4.97. The van der Waals surface area contributed by atoms with Crippen molar-refractivity contribution in [1.82, 2.24) is 15.6 Å². The van der Waals surface area contributed by atoms with E-state index in [2.05, 4.69) is 36.5 Å². The van der Waals surface area contributed by atoms with Crippen molar-refractivity contribution >= 4 is 67.0 Å². The van der Waals surface area contributed by atoms with Crippen LogP contribution in [-0.2, 0) is 16.3 Å². The molecule has 0 aliphatic carbocycles. The number of nitrogens with one attached hydrogen (secondary N) is 2. The smallest absolute Gasteiger partial charge is 0.191 e. The first-order valence-corrected chi connectivity index (χ1v) is 11.0. The highest BCUT2D eigenvalue weighted by Gasteiger charge is 2.14. The molecule has 26 heavy (non-hydrogen) atoms. The van der Waals surface area contributed by atoms with Gasteiger partial charge in [0.05, 0.1) is 15.7 Å². The third-order valence-electron chi connectivity index (χ3n) is 3.36. The summed E-state index contributed by atoms with van der Waals surface area (Å²) in [6, 6.07) is 6.65. The summed E-state index contributed by atoms with van der Waals surface area (Å²) in [6.07, 6.45) is 2.66. The van der Waals surface area contributed by atoms with Gasteiger partial charge in [0, 0.05) is 42.1 Å². The van der Waals surface area contributed by atoms with Gasteiger partial charge in [-0.3, -0.25) is 4.99 Å². The largest absolute Gasteiger partial charge is 0.356 e. The van der Waals surface area contributed by atoms with Crippen molar-refractivity contribution in [2.24, 2.45) is 4.99 Å². The average Bonchev–Trinajstić information content (AvgIpc) is 2.99. The van der Waals surface area contributed by atoms with E-state index in [0.717, 1.165) is 15.9 Å². The van der Waals surface area contributed by atoms with Crippen molar-refractivity contribution in [2.75, 3.05) is 25.9 Å². The van der Waals surface area contributed by atoms with Crippen LogP contribution < -0.4 is 10.6 Å². The maximum absolute atomic E-state index is 12.3. The second kappa shape index (κ2) is 11.2. The van der Waals surface area contributed by atoms with Crippen LogP contribution in [0.25, 0.3) is 0 Å². The van der Waals surface area contributed by atoms with Crippen molar-refractivity contribution in [3.63, 3.8) is 0 Å². The Hall–Kier alpha value is -0.720. The lowest BCUT2D eigenvalue weighted by molar-refractivity contribution is 0.594. The number of aromatic nitrogens is 1. The monoisotopic (exact) mass is 572 g/mol. The van der Waals surface area contributed by atoms with Gasteiger partial charge in [-0.2, -0.15) is 0 Å². The molecule has 2 aromatic rings. The molecule has 0 unspecified atom stereocenters. The molecule has 0 spiro atoms. The number of thiazole rings is 1. The molecular weight excluding hydrogens is 551 g/mol. The normalized spacial score (nSPS) is 11.7. The van der Waals surface area contributed by atoms with Crippen molar-refractivity contribution in [3.8, 4) is 0 Å². The average molecular weight is 573 g/mol. The van der Waals surface area contributed by atoms with E-state index in [4.69, 9.17) is 0 Å². The fraction of sp³-hybridized carbons (Fsp3) is 0.375. The maximum atomic E-state index is 12.3. The van der Waals surface area contributed by atoms with E-state index in [0.29, 0.717) is 17.4 Å². The summed E-state index contributed by atoms with van der Waals surface area (Å²) in [7, 11) is -1.66. The molecule has 0 aliphatic heterocycles. The molecular formula is C16H22BrIN4O2S2. The Kier molecular flexibility index (Phi) is 10.0. The maximum Gasteiger partial charge on any atom is 0.191 e. The molecule has 0 radical (unpaired) electrons. The molecule has 0 atom stereocenters. The molecule has 1 aromatic carbocycles. The molecule has 2 rings (SSSR count). The number of sulfone groups is 1. The van der Waals surface area contributed by atoms with E-state index >= 15 is 0 Å². The Morgan fingerprint density at radius 1 is 1.23 bits per heavy atom. The minimum absolute atomic E-state index is 0. The van der Waals surface area contributed by atoms with Gasteiger partial charge in [0.15, 0.2) is 15.8 Å². The molecule has 0 saturated carbocycles. The zero-order valence-electron chi connectivity index (χ0n) is 14.5. The van der Waals surface area contributed by atoms with Gasteiger partial charge >= 0.3 is 0 Å². The first-order valence-electron chi connectivity index (χ1n) is 7.75. The fourth-order valence-electron chi connectivity index (χ4n) is 2.09. The van der Waals surface area contributed by atoms with Gasteiger partial charge in [-0.05, 0) is 31.2 Å². The van der Waals surface area contributed by atoms with E-state index < -0.39 is 9.84 Å². The molecule has 1 aromatic heterocycles. The number of hydrogen-bond donors (Lipinski definition) is 2. The number of benzene rings is 1. The third kappa shape index (κ3) is 7.49. The molecule has 144 valence electrons. The lowest BCUT2D eigenvalue weighted by atomic mass is 10.4. The third-order valence-corrected chi connectivity index (χ3v) is 6.59. The van der Waals surface area contributed by atoms with Gasteiger partial charge in [-0.15, -0.1) is 35.3 Å². The summed E-state index contributed by atoms with van der Waals surface area (Å²) in [5, 5.41) is 7.26. The number of rotatable bonds is 7. The zero-order valence-corrected chi connectivity index (χ0v) is 20.1. The van der Waals surface area contributed by atoms with Gasteiger partial charge in [0.2, 0.25) is 0 Å². The number of hydrogen-bond acceptors (Lipinski definition) is 5. The van der Waals surface area contributed by atoms with Crippen LogP contribution >= 0.6 is 51.2 Å². The molecule has 0 bridgehead atoms. The highest BCUT2D eigenvalue weighted by molar-refractivity contribution is 14.0. The number of aliphatic imine (C=N–C) groups is 1. The first kappa shape index (κ1) is 23.3. The Morgan fingerprint density at radius 2 is 1.88 bits per heavy atom. The molecule has 10 heteroatoms. The number of halogens is 2. The Bertz CT molecular complexity index is 823. The minimum Gasteiger partial charge on any atom is -0.356 e. The first-order chi connectivity index (χ1) is 11.9. The molecule has 0 aliphatic rings. The van der Waals surface area contributed by atoms with Crippen molar-refractivity contribution < 1.29 is 8.42 Å². The van der Waals surface area contributed by atoms with Crippen molar-refractivity contribution in [2.45, 2.75) is 18.2 Å². The van der Waals surface area contributed by atoms with E-state index in [1.165, 1.54) is 4.88 Å². The van der Waals surface area contributed by atoms with Gasteiger partial charge < -0.3 is 10.6 Å². The number of aryl methyl sites for hydroxylation is 1. The van der Waals surface area contributed by atoms with Gasteiger partial charge in [0.1, 0.15) is 0 Å². The number of guanidine groups is 1. The molecule has 6 nitrogen and oxygen atoms in total. The standard InChI is InChI=1S/C16H21BrN4O2S2.HI/c1-12-11-21-15(24-12)7-8-19-16(18-2)20-9-10-25(22,23)14-5-3-13(17)4-6-14;/h3-6,11H,7-10H2,1-2H3,(H2,18,19,20);1H. The van der Waals surface area contributed by atoms with Crippen molar-refractivity contribution in [3.05, 3.63) is 44.8 Å².